The van der Waals surface area contributed by atoms with Crippen LogP contribution < -0.4 is 97.8 Å². The molecular weight excluding hydrogens is 1260 g/mol. The predicted octanol–water partition coefficient (Wildman–Crippen LogP) is -15.6. The van der Waals surface area contributed by atoms with E-state index in [9.17, 15) is 61.5 Å². The summed E-state index contributed by atoms with van der Waals surface area (Å²) >= 11 is 0. The van der Waals surface area contributed by atoms with Crippen molar-refractivity contribution in [3.63, 3.8) is 0 Å². The fourth-order valence-electron chi connectivity index (χ4n) is 5.62. The third kappa shape index (κ3) is 36.5. The van der Waals surface area contributed by atoms with E-state index in [0.717, 1.165) is 12.1 Å². The number of nitrogens with one attached hydrogen (secondary N) is 2. The SMILES string of the molecule is Cc1cc(N=Nc2ccc(N/N=C3\C(=O)c4c(N)cc(S(=O)(=O)[O-])cc4C=C3S(=O)(=O)[O-])cc2)ccc1N/N=C1\C(=O)c2c(N)cc(S(=O)(=O)[O-])cc2C=C1S(=O)(=O)[O-].[Li+].[Li+].[Li+].[Li+].[Na].[Na].[Na].[Na].[Na].[Na].[Na].[Na].[Na].[Na].[Na].[Na].[Na].[Na].[Na].[Na]. The Morgan fingerprint density at radius 2 is 0.747 bits per heavy atom. The maximum absolute atomic E-state index is 13.3. The number of rotatable bonds is 10. The summed E-state index contributed by atoms with van der Waals surface area (Å²) in [5, 5.41) is 15.8. The largest absolute Gasteiger partial charge is 1.00 e. The van der Waals surface area contributed by atoms with Crippen LogP contribution in [0.3, 0.4) is 0 Å². The smallest absolute Gasteiger partial charge is 0.744 e. The van der Waals surface area contributed by atoms with E-state index in [1.54, 1.807) is 6.92 Å². The Balaban J connectivity index is -0.000000158. The van der Waals surface area contributed by atoms with E-state index < -0.39 is 94.4 Å². The topological polar surface area (TPSA) is 388 Å². The van der Waals surface area contributed by atoms with E-state index in [0.29, 0.717) is 35.5 Å². The number of anilines is 4. The number of nitrogens with two attached hydrogens (primary N) is 2. The number of aryl methyl sites for hydroxylation is 1. The second-order valence-electron chi connectivity index (χ2n) is 12.3. The minimum atomic E-state index is -5.37. The van der Waals surface area contributed by atoms with Crippen LogP contribution in [-0.4, -0.2) is 548 Å². The fraction of sp³-hybridized carbons (Fsp3) is 0.0303. The van der Waals surface area contributed by atoms with Crippen LogP contribution in [0.25, 0.3) is 12.2 Å². The molecule has 2 aliphatic carbocycles. The van der Waals surface area contributed by atoms with Crippen molar-refractivity contribution in [3.8, 4) is 0 Å². The number of azo groups is 1. The maximum atomic E-state index is 13.3. The number of fused-ring (bicyclic) bond motifs is 2. The molecular formula is C33H22Li4N8Na16O14S4. The first kappa shape index (κ1) is 127. The average Bonchev–Trinajstić information content (AvgIpc) is 3.12. The van der Waals surface area contributed by atoms with Crippen molar-refractivity contribution < 1.29 is 137 Å². The van der Waals surface area contributed by atoms with Gasteiger partial charge in [0.1, 0.15) is 51.9 Å². The van der Waals surface area contributed by atoms with Gasteiger partial charge in [-0.05, 0) is 102 Å². The van der Waals surface area contributed by atoms with Crippen LogP contribution in [0.2, 0.25) is 0 Å². The van der Waals surface area contributed by atoms with Gasteiger partial charge in [0.05, 0.1) is 53.5 Å². The zero-order chi connectivity index (χ0) is 43.4. The van der Waals surface area contributed by atoms with Gasteiger partial charge in [0.15, 0.2) is 0 Å². The number of hydrogen-bond donors (Lipinski definition) is 4. The fourth-order valence-corrected chi connectivity index (χ4v) is 8.00. The molecule has 16 radical (unpaired) electrons. The molecule has 0 fully saturated rings. The van der Waals surface area contributed by atoms with Gasteiger partial charge >= 0.3 is 75.4 Å². The van der Waals surface area contributed by atoms with Gasteiger partial charge in [0.25, 0.3) is 0 Å². The van der Waals surface area contributed by atoms with Crippen molar-refractivity contribution in [2.75, 3.05) is 22.3 Å². The summed E-state index contributed by atoms with van der Waals surface area (Å²) in [7, 11) is -20.8. The molecule has 0 amide bonds. The number of carbonyl (C=O) groups excluding carboxylic acids is 2. The van der Waals surface area contributed by atoms with Gasteiger partial charge in [-0.3, -0.25) is 20.4 Å². The Morgan fingerprint density at radius 3 is 1.06 bits per heavy atom. The minimum absolute atomic E-state index is 0. The monoisotopic (exact) mass is 1280 g/mol. The van der Waals surface area contributed by atoms with Gasteiger partial charge in [-0.15, -0.1) is 0 Å². The molecule has 22 nitrogen and oxygen atoms in total. The first-order chi connectivity index (χ1) is 27.3. The molecule has 322 valence electrons. The third-order valence-electron chi connectivity index (χ3n) is 8.33. The van der Waals surface area contributed by atoms with Crippen molar-refractivity contribution in [3.05, 3.63) is 104 Å². The number of nitrogen functional groups attached to an aromatic ring is 2. The number of allylic oxidation sites excluding steroid dienone is 2. The maximum Gasteiger partial charge on any atom is 1.00 e. The predicted molar refractivity (Wildman–Crippen MR) is 298 cm³/mol. The first-order valence-electron chi connectivity index (χ1n) is 15.9. The summed E-state index contributed by atoms with van der Waals surface area (Å²) in [4.78, 5) is 22.6. The molecule has 0 atom stereocenters. The summed E-state index contributed by atoms with van der Waals surface area (Å²) in [5.41, 5.74) is 13.8. The van der Waals surface area contributed by atoms with Crippen LogP contribution in [0.1, 0.15) is 37.4 Å². The van der Waals surface area contributed by atoms with E-state index in [4.69, 9.17) is 11.5 Å². The molecule has 0 aromatic heterocycles. The van der Waals surface area contributed by atoms with Crippen LogP contribution >= 0.6 is 0 Å². The zero-order valence-corrected chi connectivity index (χ0v) is 84.6. The summed E-state index contributed by atoms with van der Waals surface area (Å²) in [6, 6.07) is 13.0. The van der Waals surface area contributed by atoms with Crippen LogP contribution in [0.5, 0.6) is 0 Å². The van der Waals surface area contributed by atoms with Gasteiger partial charge in [-0.1, -0.05) is 0 Å². The molecule has 6 rings (SSSR count). The molecule has 0 spiro atoms. The standard InChI is InChI=1S/C33H26N8O14S4.4Li.16Na/c1-15-8-20(6-7-25(15)39-41-31-27(59(53,54)55)12-17-10-22(57(47,48)49)14-24(35)29(17)33(31)43)38-36-18-2-4-19(5-3-18)37-40-30-26(58(50,51)52)11-16-9-21(56(44,45)46)13-23(34)28(16)32(30)42;;;;;;;;;;;;;;;;;;;;/h2-14,37,39H,34-35H2,1H3,(H,44,45,46)(H,47,48,49)(H,50,51,52)(H,53,54,55);;;;;;;;;;;;;;;;;;;;/q;4*+1;;;;;;;;;;;;;;;;/p-4/b38-36?,40-30-,41-31-;;;;;;;;;;;;;;;;;;;;. The zero-order valence-electron chi connectivity index (χ0n) is 49.3. The van der Waals surface area contributed by atoms with Crippen molar-refractivity contribution in [2.45, 2.75) is 16.7 Å². The molecule has 0 saturated carbocycles. The number of Topliss-reactive ketones (excluding diaryl/α,β-unsaturated/α-hetero) is 2. The van der Waals surface area contributed by atoms with Crippen molar-refractivity contribution in [1.82, 2.24) is 0 Å². The molecule has 4 aromatic carbocycles. The number of hydrazone groups is 2. The molecule has 4 aromatic rings. The van der Waals surface area contributed by atoms with Crippen LogP contribution in [0.15, 0.2) is 107 Å². The normalized spacial score (nSPS) is 12.1. The molecule has 79 heavy (non-hydrogen) atoms. The molecule has 2 aliphatic rings. The molecule has 0 unspecified atom stereocenters. The number of hydrogen-bond acceptors (Lipinski definition) is 22. The van der Waals surface area contributed by atoms with Gasteiger partial charge < -0.3 is 29.7 Å². The summed E-state index contributed by atoms with van der Waals surface area (Å²) in [5.74, 6) is -2.28. The Morgan fingerprint density at radius 1 is 0.430 bits per heavy atom. The van der Waals surface area contributed by atoms with Gasteiger partial charge in [-0.25, -0.2) is 33.7 Å². The van der Waals surface area contributed by atoms with Gasteiger partial charge in [0.2, 0.25) is 11.6 Å². The van der Waals surface area contributed by atoms with Gasteiger partial charge in [0, 0.05) is 484 Å². The summed E-state index contributed by atoms with van der Waals surface area (Å²) < 4.78 is 141. The molecule has 0 saturated heterocycles. The van der Waals surface area contributed by atoms with Crippen molar-refractivity contribution in [2.24, 2.45) is 20.4 Å². The number of carbonyl (C=O) groups is 2. The van der Waals surface area contributed by atoms with E-state index >= 15 is 0 Å². The molecule has 0 bridgehead atoms. The third-order valence-corrected chi connectivity index (χ3v) is 11.7. The Kier molecular flexibility index (Phi) is 91.5. The van der Waals surface area contributed by atoms with Crippen molar-refractivity contribution >= 4 is 583 Å². The average molecular weight is 1280 g/mol. The van der Waals surface area contributed by atoms with E-state index in [1.807, 2.05) is 0 Å². The van der Waals surface area contributed by atoms with Crippen LogP contribution in [0.4, 0.5) is 34.1 Å². The van der Waals surface area contributed by atoms with E-state index in [2.05, 4.69) is 31.3 Å². The number of benzene rings is 4. The van der Waals surface area contributed by atoms with E-state index in [1.165, 1.54) is 42.5 Å². The second-order valence-corrected chi connectivity index (χ2v) is 17.8. The second kappa shape index (κ2) is 56.7. The summed E-state index contributed by atoms with van der Waals surface area (Å²) in [6.07, 6.45) is 1.37. The van der Waals surface area contributed by atoms with Crippen LogP contribution in [-0.2, 0) is 40.5 Å². The van der Waals surface area contributed by atoms with Crippen LogP contribution in [0, 0.1) is 6.92 Å². The summed E-state index contributed by atoms with van der Waals surface area (Å²) in [6.45, 7) is 1.59. The Labute approximate surface area is 861 Å². The molecule has 0 aliphatic heterocycles. The van der Waals surface area contributed by atoms with E-state index in [-0.39, 0.29) is 588 Å². The molecule has 46 heteroatoms. The number of nitrogens with zero attached hydrogens (tertiary/aromatic N) is 4. The Bertz CT molecular complexity index is 3240. The van der Waals surface area contributed by atoms with Crippen molar-refractivity contribution in [1.29, 1.82) is 0 Å². The first-order valence-corrected chi connectivity index (χ1v) is 21.5. The molecule has 6 N–H and O–H groups in total. The quantitative estimate of drug-likeness (QED) is 0.0377. The number of ketones is 2. The minimum Gasteiger partial charge on any atom is -0.744 e. The molecule has 0 heterocycles. The van der Waals surface area contributed by atoms with Gasteiger partial charge in [-0.2, -0.15) is 20.4 Å². The Hall–Kier alpha value is 11.9.